The van der Waals surface area contributed by atoms with E-state index in [9.17, 15) is 10.1 Å². The highest BCUT2D eigenvalue weighted by atomic mass is 16.4. The van der Waals surface area contributed by atoms with Crippen LogP contribution in [0, 0.1) is 11.3 Å². The quantitative estimate of drug-likeness (QED) is 0.404. The van der Waals surface area contributed by atoms with Crippen molar-refractivity contribution in [2.45, 2.75) is 44.6 Å². The lowest BCUT2D eigenvalue weighted by molar-refractivity contribution is -0.136. The number of imidazole rings is 2. The van der Waals surface area contributed by atoms with Crippen LogP contribution in [0.5, 0.6) is 0 Å². The number of carboxylic acid groups (broad SMARTS) is 1. The number of carbonyl (C=O) groups is 1. The van der Waals surface area contributed by atoms with Crippen molar-refractivity contribution in [3.05, 3.63) is 42.5 Å². The Balaban J connectivity index is 1.57. The summed E-state index contributed by atoms with van der Waals surface area (Å²) < 4.78 is 2.31. The van der Waals surface area contributed by atoms with Crippen molar-refractivity contribution >= 4 is 33.7 Å². The lowest BCUT2D eigenvalue weighted by Crippen LogP contribution is -2.11. The number of nitriles is 1. The molecule has 0 aliphatic heterocycles. The highest BCUT2D eigenvalue weighted by molar-refractivity contribution is 6.00. The van der Waals surface area contributed by atoms with Crippen LogP contribution < -0.4 is 5.32 Å². The first-order valence-electron chi connectivity index (χ1n) is 11.0. The molecule has 0 bridgehead atoms. The van der Waals surface area contributed by atoms with Crippen molar-refractivity contribution < 1.29 is 9.90 Å². The normalized spacial score (nSPS) is 14.6. The van der Waals surface area contributed by atoms with Crippen LogP contribution in [0.2, 0.25) is 0 Å². The summed E-state index contributed by atoms with van der Waals surface area (Å²) in [7, 11) is 0. The highest BCUT2D eigenvalue weighted by Crippen LogP contribution is 2.36. The van der Waals surface area contributed by atoms with Crippen LogP contribution in [0.4, 0.5) is 5.69 Å². The van der Waals surface area contributed by atoms with E-state index in [2.05, 4.69) is 49.1 Å². The van der Waals surface area contributed by atoms with Crippen molar-refractivity contribution in [2.75, 3.05) is 11.9 Å². The minimum Gasteiger partial charge on any atom is -0.481 e. The fourth-order valence-electron chi connectivity index (χ4n) is 4.74. The van der Waals surface area contributed by atoms with Gasteiger partial charge in [0, 0.05) is 18.2 Å². The first-order valence-corrected chi connectivity index (χ1v) is 11.0. The summed E-state index contributed by atoms with van der Waals surface area (Å²) in [5, 5.41) is 21.8. The van der Waals surface area contributed by atoms with E-state index in [1.807, 2.05) is 12.4 Å². The molecule has 0 amide bonds. The van der Waals surface area contributed by atoms with Gasteiger partial charge in [0.1, 0.15) is 11.6 Å². The molecule has 8 heteroatoms. The third-order valence-corrected chi connectivity index (χ3v) is 6.32. The molecule has 8 nitrogen and oxygen atoms in total. The largest absolute Gasteiger partial charge is 0.481 e. The summed E-state index contributed by atoms with van der Waals surface area (Å²) in [6.45, 7) is 0.230. The molecule has 1 aliphatic carbocycles. The van der Waals surface area contributed by atoms with Crippen molar-refractivity contribution in [3.8, 4) is 17.2 Å². The van der Waals surface area contributed by atoms with Crippen molar-refractivity contribution in [2.24, 2.45) is 0 Å². The number of aliphatic carboxylic acids is 1. The average molecular weight is 428 g/mol. The van der Waals surface area contributed by atoms with Crippen LogP contribution in [0.25, 0.3) is 33.2 Å². The topological polar surface area (TPSA) is 120 Å². The molecule has 0 saturated heterocycles. The Bertz CT molecular complexity index is 1340. The van der Waals surface area contributed by atoms with Gasteiger partial charge >= 0.3 is 5.97 Å². The van der Waals surface area contributed by atoms with Crippen LogP contribution in [0.15, 0.2) is 36.9 Å². The van der Waals surface area contributed by atoms with E-state index in [0.29, 0.717) is 28.3 Å². The smallest absolute Gasteiger partial charge is 0.305 e. The number of benzene rings is 2. The summed E-state index contributed by atoms with van der Waals surface area (Å²) in [6, 6.07) is 10.8. The van der Waals surface area contributed by atoms with E-state index in [4.69, 9.17) is 5.11 Å². The molecule has 32 heavy (non-hydrogen) atoms. The fraction of sp³-hybridized carbons (Fsp3) is 0.333. The van der Waals surface area contributed by atoms with Crippen LogP contribution in [-0.2, 0) is 4.79 Å². The second kappa shape index (κ2) is 8.35. The number of anilines is 1. The van der Waals surface area contributed by atoms with Gasteiger partial charge in [-0.05, 0) is 36.6 Å². The lowest BCUT2D eigenvalue weighted by Gasteiger charge is -2.23. The Morgan fingerprint density at radius 1 is 1.25 bits per heavy atom. The molecule has 2 aromatic heterocycles. The Labute approximate surface area is 184 Å². The third kappa shape index (κ3) is 3.56. The van der Waals surface area contributed by atoms with Crippen LogP contribution >= 0.6 is 0 Å². The number of nitrogens with one attached hydrogen (secondary N) is 2. The van der Waals surface area contributed by atoms with Gasteiger partial charge in [-0.25, -0.2) is 9.97 Å². The van der Waals surface area contributed by atoms with E-state index in [1.165, 1.54) is 32.1 Å². The van der Waals surface area contributed by atoms with E-state index < -0.39 is 5.97 Å². The summed E-state index contributed by atoms with van der Waals surface area (Å²) in [4.78, 5) is 23.1. The third-order valence-electron chi connectivity index (χ3n) is 6.32. The van der Waals surface area contributed by atoms with Gasteiger partial charge < -0.3 is 20.0 Å². The van der Waals surface area contributed by atoms with Crippen LogP contribution in [0.1, 0.15) is 50.1 Å². The summed E-state index contributed by atoms with van der Waals surface area (Å²) in [5.41, 5.74) is 6.24. The lowest BCUT2D eigenvalue weighted by atomic mass is 9.95. The standard InChI is InChI=1S/C24H24N6O2/c25-12-18-19(26-9-8-22(31)32)11-17(23-24(18)28-13-27-23)15-6-7-21-20(10-15)29-14-30(21)16-4-2-1-3-5-16/h6-7,10-11,13-14,16,26H,1-5,8-9H2,(H,27,28)(H,31,32). The van der Waals surface area contributed by atoms with Gasteiger partial charge in [-0.1, -0.05) is 25.3 Å². The first kappa shape index (κ1) is 20.1. The number of aromatic nitrogens is 4. The second-order valence-electron chi connectivity index (χ2n) is 8.30. The van der Waals surface area contributed by atoms with E-state index in [1.54, 1.807) is 6.33 Å². The van der Waals surface area contributed by atoms with E-state index in [-0.39, 0.29) is 13.0 Å². The number of hydrogen-bond donors (Lipinski definition) is 3. The SMILES string of the molecule is N#Cc1c(NCCC(=O)O)cc(-c2ccc3c(c2)ncn3C2CCCCC2)c2nc[nH]c12. The number of nitrogens with zero attached hydrogens (tertiary/aromatic N) is 4. The Morgan fingerprint density at radius 2 is 2.09 bits per heavy atom. The number of H-pyrrole nitrogens is 1. The predicted octanol–water partition coefficient (Wildman–Crippen LogP) is 4.84. The molecule has 2 heterocycles. The molecule has 4 aromatic rings. The number of hydrogen-bond acceptors (Lipinski definition) is 5. The molecular weight excluding hydrogens is 404 g/mol. The molecule has 1 fully saturated rings. The zero-order valence-corrected chi connectivity index (χ0v) is 17.6. The Kier molecular flexibility index (Phi) is 5.23. The number of fused-ring (bicyclic) bond motifs is 2. The molecule has 1 aliphatic rings. The van der Waals surface area contributed by atoms with Crippen molar-refractivity contribution in [1.29, 1.82) is 5.26 Å². The van der Waals surface area contributed by atoms with Crippen LogP contribution in [0.3, 0.4) is 0 Å². The van der Waals surface area contributed by atoms with Crippen LogP contribution in [-0.4, -0.2) is 37.1 Å². The molecule has 0 unspecified atom stereocenters. The summed E-state index contributed by atoms with van der Waals surface area (Å²) in [5.74, 6) is -0.891. The Hall–Kier alpha value is -3.86. The van der Waals surface area contributed by atoms with Gasteiger partial charge in [0.15, 0.2) is 0 Å². The molecule has 1 saturated carbocycles. The Morgan fingerprint density at radius 3 is 2.88 bits per heavy atom. The summed E-state index contributed by atoms with van der Waals surface area (Å²) in [6.07, 6.45) is 9.73. The molecule has 0 radical (unpaired) electrons. The molecular formula is C24H24N6O2. The highest BCUT2D eigenvalue weighted by Gasteiger charge is 2.19. The first-order chi connectivity index (χ1) is 15.7. The van der Waals surface area contributed by atoms with Gasteiger partial charge in [-0.2, -0.15) is 5.26 Å². The second-order valence-corrected chi connectivity index (χ2v) is 8.30. The molecule has 0 atom stereocenters. The summed E-state index contributed by atoms with van der Waals surface area (Å²) >= 11 is 0. The molecule has 2 aromatic carbocycles. The van der Waals surface area contributed by atoms with Gasteiger partial charge in [0.25, 0.3) is 0 Å². The monoisotopic (exact) mass is 428 g/mol. The number of rotatable bonds is 6. The molecule has 162 valence electrons. The van der Waals surface area contributed by atoms with Gasteiger partial charge in [-0.15, -0.1) is 0 Å². The van der Waals surface area contributed by atoms with Gasteiger partial charge in [-0.3, -0.25) is 4.79 Å². The molecule has 5 rings (SSSR count). The average Bonchev–Trinajstić information content (AvgIpc) is 3.46. The minimum absolute atomic E-state index is 0.0359. The van der Waals surface area contributed by atoms with Gasteiger partial charge in [0.05, 0.1) is 46.8 Å². The maximum absolute atomic E-state index is 10.9. The van der Waals surface area contributed by atoms with Crippen molar-refractivity contribution in [3.63, 3.8) is 0 Å². The van der Waals surface area contributed by atoms with Gasteiger partial charge in [0.2, 0.25) is 0 Å². The zero-order chi connectivity index (χ0) is 22.1. The molecule has 0 spiro atoms. The number of aromatic amines is 1. The maximum Gasteiger partial charge on any atom is 0.305 e. The number of carboxylic acids is 1. The van der Waals surface area contributed by atoms with E-state index >= 15 is 0 Å². The van der Waals surface area contributed by atoms with Crippen molar-refractivity contribution in [1.82, 2.24) is 19.5 Å². The maximum atomic E-state index is 10.9. The van der Waals surface area contributed by atoms with E-state index in [0.717, 1.165) is 22.2 Å². The minimum atomic E-state index is -0.891. The zero-order valence-electron chi connectivity index (χ0n) is 17.6. The molecule has 3 N–H and O–H groups in total. The fourth-order valence-corrected chi connectivity index (χ4v) is 4.74. The predicted molar refractivity (Wildman–Crippen MR) is 122 cm³/mol.